The molecule has 0 saturated heterocycles. The van der Waals surface area contributed by atoms with Crippen LogP contribution in [0.4, 0.5) is 0 Å². The van der Waals surface area contributed by atoms with Gasteiger partial charge in [-0.1, -0.05) is 34.6 Å². The Bertz CT molecular complexity index is 435. The number of nitrogens with one attached hydrogen (secondary N) is 2. The molecular weight excluding hydrogens is 256 g/mol. The van der Waals surface area contributed by atoms with E-state index in [2.05, 4.69) is 20.5 Å². The van der Waals surface area contributed by atoms with E-state index in [-0.39, 0.29) is 29.1 Å². The Morgan fingerprint density at radius 2 is 2.05 bits per heavy atom. The molecule has 1 atom stereocenters. The predicted octanol–water partition coefficient (Wildman–Crippen LogP) is 1.89. The van der Waals surface area contributed by atoms with Crippen molar-refractivity contribution in [2.75, 3.05) is 13.2 Å². The lowest BCUT2D eigenvalue weighted by molar-refractivity contribution is 0.0798. The lowest BCUT2D eigenvalue weighted by Gasteiger charge is -2.21. The first-order valence-electron chi connectivity index (χ1n) is 7.07. The van der Waals surface area contributed by atoms with Gasteiger partial charge in [0.15, 0.2) is 0 Å². The van der Waals surface area contributed by atoms with Crippen LogP contribution in [0, 0.1) is 5.92 Å². The number of hydrogen-bond donors (Lipinski definition) is 2. The minimum atomic E-state index is -0.268. The zero-order chi connectivity index (χ0) is 15.3. The standard InChI is InChI=1S/C14H26N4O2/c1-7-20-8-10(9(2)3)15-12(19)11-16-13(18-17-11)14(4,5)6/h9-10H,7-8H2,1-6H3,(H,15,19)(H,16,17,18). The zero-order valence-corrected chi connectivity index (χ0v) is 13.3. The number of rotatable bonds is 6. The highest BCUT2D eigenvalue weighted by Gasteiger charge is 2.23. The van der Waals surface area contributed by atoms with Crippen molar-refractivity contribution in [3.8, 4) is 0 Å². The van der Waals surface area contributed by atoms with Gasteiger partial charge in [0.2, 0.25) is 5.82 Å². The van der Waals surface area contributed by atoms with Crippen molar-refractivity contribution in [3.05, 3.63) is 11.6 Å². The highest BCUT2D eigenvalue weighted by Crippen LogP contribution is 2.17. The second kappa shape index (κ2) is 6.83. The molecule has 0 aliphatic carbocycles. The summed E-state index contributed by atoms with van der Waals surface area (Å²) in [5.41, 5.74) is -0.158. The average molecular weight is 282 g/mol. The Hall–Kier alpha value is -1.43. The number of aromatic amines is 1. The molecule has 2 N–H and O–H groups in total. The normalized spacial score (nSPS) is 13.6. The number of hydrogen-bond acceptors (Lipinski definition) is 4. The van der Waals surface area contributed by atoms with Crippen LogP contribution in [0.25, 0.3) is 0 Å². The number of H-pyrrole nitrogens is 1. The molecule has 1 aromatic rings. The summed E-state index contributed by atoms with van der Waals surface area (Å²) in [4.78, 5) is 16.4. The second-order valence-electron chi connectivity index (χ2n) is 6.24. The molecule has 0 aromatic carbocycles. The van der Waals surface area contributed by atoms with Crippen LogP contribution in [-0.4, -0.2) is 40.3 Å². The Balaban J connectivity index is 2.71. The van der Waals surface area contributed by atoms with Crippen LogP contribution in [0.15, 0.2) is 0 Å². The van der Waals surface area contributed by atoms with Crippen molar-refractivity contribution in [1.29, 1.82) is 0 Å². The van der Waals surface area contributed by atoms with Crippen molar-refractivity contribution in [2.45, 2.75) is 53.0 Å². The molecule has 0 spiro atoms. The van der Waals surface area contributed by atoms with E-state index in [0.29, 0.717) is 19.0 Å². The predicted molar refractivity (Wildman–Crippen MR) is 77.7 cm³/mol. The van der Waals surface area contributed by atoms with Gasteiger partial charge in [-0.05, 0) is 12.8 Å². The third-order valence-electron chi connectivity index (χ3n) is 3.02. The molecule has 114 valence electrons. The SMILES string of the molecule is CCOCC(NC(=O)c1n[nH]c(C(C)(C)C)n1)C(C)C. The highest BCUT2D eigenvalue weighted by atomic mass is 16.5. The van der Waals surface area contributed by atoms with Crippen molar-refractivity contribution in [3.63, 3.8) is 0 Å². The first-order chi connectivity index (χ1) is 9.25. The summed E-state index contributed by atoms with van der Waals surface area (Å²) in [5.74, 6) is 0.896. The quantitative estimate of drug-likeness (QED) is 0.835. The van der Waals surface area contributed by atoms with E-state index in [1.54, 1.807) is 0 Å². The van der Waals surface area contributed by atoms with E-state index in [9.17, 15) is 4.79 Å². The van der Waals surface area contributed by atoms with Gasteiger partial charge in [0.1, 0.15) is 5.82 Å². The number of ether oxygens (including phenoxy) is 1. The maximum atomic E-state index is 12.2. The zero-order valence-electron chi connectivity index (χ0n) is 13.3. The van der Waals surface area contributed by atoms with Crippen LogP contribution in [0.5, 0.6) is 0 Å². The molecule has 0 saturated carbocycles. The minimum Gasteiger partial charge on any atom is -0.380 e. The fourth-order valence-corrected chi connectivity index (χ4v) is 1.58. The third kappa shape index (κ3) is 4.59. The molecule has 20 heavy (non-hydrogen) atoms. The molecule has 1 rings (SSSR count). The average Bonchev–Trinajstić information content (AvgIpc) is 2.83. The third-order valence-corrected chi connectivity index (χ3v) is 3.02. The van der Waals surface area contributed by atoms with Crippen LogP contribution >= 0.6 is 0 Å². The van der Waals surface area contributed by atoms with E-state index < -0.39 is 0 Å². The molecule has 6 heteroatoms. The molecule has 1 heterocycles. The van der Waals surface area contributed by atoms with Gasteiger partial charge in [0.25, 0.3) is 5.91 Å². The van der Waals surface area contributed by atoms with Crippen LogP contribution in [-0.2, 0) is 10.2 Å². The minimum absolute atomic E-state index is 0.0426. The molecule has 0 aliphatic rings. The van der Waals surface area contributed by atoms with Crippen molar-refractivity contribution in [1.82, 2.24) is 20.5 Å². The maximum absolute atomic E-state index is 12.2. The molecule has 0 aliphatic heterocycles. The van der Waals surface area contributed by atoms with Gasteiger partial charge in [0, 0.05) is 12.0 Å². The summed E-state index contributed by atoms with van der Waals surface area (Å²) < 4.78 is 5.39. The maximum Gasteiger partial charge on any atom is 0.291 e. The summed E-state index contributed by atoms with van der Waals surface area (Å²) in [5, 5.41) is 9.73. The summed E-state index contributed by atoms with van der Waals surface area (Å²) in [7, 11) is 0. The topological polar surface area (TPSA) is 79.9 Å². The van der Waals surface area contributed by atoms with Crippen molar-refractivity contribution < 1.29 is 9.53 Å². The van der Waals surface area contributed by atoms with E-state index in [1.807, 2.05) is 41.5 Å². The smallest absolute Gasteiger partial charge is 0.291 e. The van der Waals surface area contributed by atoms with E-state index in [1.165, 1.54) is 0 Å². The molecule has 0 fully saturated rings. The van der Waals surface area contributed by atoms with Crippen LogP contribution in [0.2, 0.25) is 0 Å². The van der Waals surface area contributed by atoms with E-state index in [0.717, 1.165) is 0 Å². The van der Waals surface area contributed by atoms with Gasteiger partial charge in [-0.3, -0.25) is 9.89 Å². The monoisotopic (exact) mass is 282 g/mol. The van der Waals surface area contributed by atoms with Gasteiger partial charge in [0.05, 0.1) is 12.6 Å². The largest absolute Gasteiger partial charge is 0.380 e. The van der Waals surface area contributed by atoms with Crippen LogP contribution < -0.4 is 5.32 Å². The molecule has 1 amide bonds. The Kier molecular flexibility index (Phi) is 5.68. The summed E-state index contributed by atoms with van der Waals surface area (Å²) >= 11 is 0. The Labute approximate surface area is 120 Å². The van der Waals surface area contributed by atoms with Gasteiger partial charge in [-0.2, -0.15) is 0 Å². The van der Waals surface area contributed by atoms with Crippen molar-refractivity contribution >= 4 is 5.91 Å². The molecule has 6 nitrogen and oxygen atoms in total. The number of nitrogens with zero attached hydrogens (tertiary/aromatic N) is 2. The van der Waals surface area contributed by atoms with Gasteiger partial charge < -0.3 is 10.1 Å². The lowest BCUT2D eigenvalue weighted by Crippen LogP contribution is -2.42. The summed E-state index contributed by atoms with van der Waals surface area (Å²) in [6.45, 7) is 13.2. The van der Waals surface area contributed by atoms with Crippen molar-refractivity contribution in [2.24, 2.45) is 5.92 Å². The molecule has 1 unspecified atom stereocenters. The first kappa shape index (κ1) is 16.6. The molecule has 0 bridgehead atoms. The van der Waals surface area contributed by atoms with Gasteiger partial charge in [-0.15, -0.1) is 5.10 Å². The first-order valence-corrected chi connectivity index (χ1v) is 7.07. The number of carbonyl (C=O) groups is 1. The highest BCUT2D eigenvalue weighted by molar-refractivity contribution is 5.90. The Morgan fingerprint density at radius 3 is 2.50 bits per heavy atom. The summed E-state index contributed by atoms with van der Waals surface area (Å²) in [6, 6.07) is -0.0426. The number of carbonyl (C=O) groups excluding carboxylic acids is 1. The molecule has 1 aromatic heterocycles. The molecule has 0 radical (unpaired) electrons. The Morgan fingerprint density at radius 1 is 1.40 bits per heavy atom. The fourth-order valence-electron chi connectivity index (χ4n) is 1.58. The molecular formula is C14H26N4O2. The fraction of sp³-hybridized carbons (Fsp3) is 0.786. The van der Waals surface area contributed by atoms with Gasteiger partial charge in [-0.25, -0.2) is 4.98 Å². The summed E-state index contributed by atoms with van der Waals surface area (Å²) in [6.07, 6.45) is 0. The second-order valence-corrected chi connectivity index (χ2v) is 6.24. The van der Waals surface area contributed by atoms with E-state index >= 15 is 0 Å². The number of aromatic nitrogens is 3. The number of amides is 1. The lowest BCUT2D eigenvalue weighted by atomic mass is 9.96. The van der Waals surface area contributed by atoms with E-state index in [4.69, 9.17) is 4.74 Å². The van der Waals surface area contributed by atoms with Crippen LogP contribution in [0.3, 0.4) is 0 Å². The van der Waals surface area contributed by atoms with Crippen LogP contribution in [0.1, 0.15) is 58.0 Å². The van der Waals surface area contributed by atoms with Gasteiger partial charge >= 0.3 is 0 Å².